The van der Waals surface area contributed by atoms with Crippen LogP contribution in [-0.2, 0) is 0 Å². The average Bonchev–Trinajstić information content (AvgIpc) is 3.07. The number of aromatic nitrogens is 3. The Labute approximate surface area is 173 Å². The maximum atomic E-state index is 12.2. The van der Waals surface area contributed by atoms with E-state index in [0.29, 0.717) is 28.5 Å². The predicted molar refractivity (Wildman–Crippen MR) is 103 cm³/mol. The number of fused-ring (bicyclic) bond motifs is 1. The molecule has 0 aromatic carbocycles. The molecule has 0 radical (unpaired) electrons. The molecule has 0 aliphatic carbocycles. The van der Waals surface area contributed by atoms with E-state index < -0.39 is 19.2 Å². The number of anilines is 1. The van der Waals surface area contributed by atoms with Crippen LogP contribution in [0.1, 0.15) is 22.3 Å². The third kappa shape index (κ3) is 5.96. The monoisotopic (exact) mass is 443 g/mol. The van der Waals surface area contributed by atoms with Gasteiger partial charge in [-0.25, -0.2) is 9.97 Å². The number of pyridine rings is 2. The Hall–Kier alpha value is -3.08. The smallest absolute Gasteiger partial charge is 0.392 e. The molecule has 3 aromatic heterocycles. The molecule has 0 aliphatic rings. The van der Waals surface area contributed by atoms with E-state index in [0.717, 1.165) is 0 Å². The van der Waals surface area contributed by atoms with E-state index in [1.165, 1.54) is 12.3 Å². The Morgan fingerprint density at radius 1 is 1.27 bits per heavy atom. The van der Waals surface area contributed by atoms with Gasteiger partial charge in [0.15, 0.2) is 5.58 Å². The molecule has 0 atom stereocenters. The molecule has 3 rings (SSSR count). The molecule has 0 saturated heterocycles. The van der Waals surface area contributed by atoms with Crippen LogP contribution in [0.2, 0.25) is 5.15 Å². The minimum Gasteiger partial charge on any atom is -0.477 e. The van der Waals surface area contributed by atoms with Crippen molar-refractivity contribution in [3.8, 4) is 5.88 Å². The molecule has 2 N–H and O–H groups in total. The van der Waals surface area contributed by atoms with E-state index in [-0.39, 0.29) is 29.9 Å². The fraction of sp³-hybridized carbons (Fsp3) is 0.333. The van der Waals surface area contributed by atoms with Crippen molar-refractivity contribution in [1.29, 1.82) is 0 Å². The van der Waals surface area contributed by atoms with Gasteiger partial charge < -0.3 is 19.8 Å². The highest BCUT2D eigenvalue weighted by Crippen LogP contribution is 2.21. The van der Waals surface area contributed by atoms with E-state index in [1.54, 1.807) is 19.1 Å². The third-order valence-electron chi connectivity index (χ3n) is 3.82. The van der Waals surface area contributed by atoms with Crippen LogP contribution < -0.4 is 15.4 Å². The number of hydrogen-bond donors (Lipinski definition) is 2. The molecule has 0 saturated carbocycles. The molecule has 0 bridgehead atoms. The highest BCUT2D eigenvalue weighted by Gasteiger charge is 2.27. The van der Waals surface area contributed by atoms with E-state index in [9.17, 15) is 18.0 Å². The van der Waals surface area contributed by atoms with Crippen molar-refractivity contribution in [1.82, 2.24) is 20.3 Å². The van der Waals surface area contributed by atoms with Gasteiger partial charge in [0.2, 0.25) is 11.5 Å². The average molecular weight is 444 g/mol. The molecule has 30 heavy (non-hydrogen) atoms. The number of rotatable bonds is 8. The lowest BCUT2D eigenvalue weighted by Crippen LogP contribution is -2.29. The molecule has 0 aliphatic heterocycles. The van der Waals surface area contributed by atoms with Crippen LogP contribution in [0.5, 0.6) is 5.88 Å². The number of carbonyl (C=O) groups excluding carboxylic acids is 1. The lowest BCUT2D eigenvalue weighted by atomic mass is 10.2. The maximum absolute atomic E-state index is 12.2. The van der Waals surface area contributed by atoms with Gasteiger partial charge in [-0.1, -0.05) is 11.6 Å². The van der Waals surface area contributed by atoms with Crippen LogP contribution in [0.15, 0.2) is 28.8 Å². The summed E-state index contributed by atoms with van der Waals surface area (Å²) in [7, 11) is 0. The Kier molecular flexibility index (Phi) is 6.60. The Balaban J connectivity index is 1.46. The Bertz CT molecular complexity index is 1040. The third-order valence-corrected chi connectivity index (χ3v) is 4.03. The number of ether oxygens (including phenoxy) is 1. The van der Waals surface area contributed by atoms with Crippen molar-refractivity contribution < 1.29 is 27.1 Å². The number of aryl methyl sites for hydroxylation is 1. The van der Waals surface area contributed by atoms with Gasteiger partial charge in [-0.15, -0.1) is 0 Å². The molecular formula is C18H17ClF3N5O3. The first-order valence-corrected chi connectivity index (χ1v) is 9.20. The van der Waals surface area contributed by atoms with E-state index in [2.05, 4.69) is 25.6 Å². The molecule has 3 heterocycles. The van der Waals surface area contributed by atoms with Crippen molar-refractivity contribution in [2.75, 3.05) is 25.0 Å². The largest absolute Gasteiger partial charge is 0.477 e. The van der Waals surface area contributed by atoms with Gasteiger partial charge in [0, 0.05) is 24.8 Å². The second-order valence-electron chi connectivity index (χ2n) is 6.22. The van der Waals surface area contributed by atoms with Gasteiger partial charge in [0.25, 0.3) is 11.9 Å². The summed E-state index contributed by atoms with van der Waals surface area (Å²) in [5, 5.41) is 5.90. The van der Waals surface area contributed by atoms with Crippen molar-refractivity contribution in [2.45, 2.75) is 19.5 Å². The number of halogens is 4. The van der Waals surface area contributed by atoms with Gasteiger partial charge in [-0.05, 0) is 25.1 Å². The topological polar surface area (TPSA) is 102 Å². The number of nitrogens with one attached hydrogen (secondary N) is 2. The lowest BCUT2D eigenvalue weighted by molar-refractivity contribution is -0.139. The summed E-state index contributed by atoms with van der Waals surface area (Å²) >= 11 is 5.79. The lowest BCUT2D eigenvalue weighted by Gasteiger charge is -2.11. The number of amides is 1. The summed E-state index contributed by atoms with van der Waals surface area (Å²) in [4.78, 5) is 24.3. The highest BCUT2D eigenvalue weighted by molar-refractivity contribution is 6.29. The summed E-state index contributed by atoms with van der Waals surface area (Å²) in [6.07, 6.45) is -4.13. The van der Waals surface area contributed by atoms with Crippen molar-refractivity contribution in [3.63, 3.8) is 0 Å². The molecule has 8 nitrogen and oxygen atoms in total. The number of nitrogens with zero attached hydrogens (tertiary/aromatic N) is 3. The second-order valence-corrected chi connectivity index (χ2v) is 6.60. The van der Waals surface area contributed by atoms with Crippen molar-refractivity contribution in [3.05, 3.63) is 40.7 Å². The van der Waals surface area contributed by atoms with Crippen LogP contribution in [0, 0.1) is 6.92 Å². The Morgan fingerprint density at radius 3 is 2.80 bits per heavy atom. The number of oxazole rings is 1. The van der Waals surface area contributed by atoms with Gasteiger partial charge in [0.1, 0.15) is 5.15 Å². The van der Waals surface area contributed by atoms with E-state index in [4.69, 9.17) is 20.8 Å². The molecule has 1 amide bonds. The standard InChI is InChI=1S/C18H17ClF3N5O3/c1-10-8-11(9-25-16(10)29-7-4-18(20,21)22)15(28)23-5-6-24-17-27-14-12(30-17)2-3-13(19)26-14/h2-3,8-9H,4-7H2,1H3,(H,23,28)(H,24,26,27). The highest BCUT2D eigenvalue weighted by atomic mass is 35.5. The van der Waals surface area contributed by atoms with Crippen LogP contribution in [0.25, 0.3) is 11.2 Å². The zero-order chi connectivity index (χ0) is 21.7. The Morgan fingerprint density at radius 2 is 2.07 bits per heavy atom. The second kappa shape index (κ2) is 9.16. The summed E-state index contributed by atoms with van der Waals surface area (Å²) in [5.74, 6) is -0.331. The summed E-state index contributed by atoms with van der Waals surface area (Å²) in [6.45, 7) is 1.65. The SMILES string of the molecule is Cc1cc(C(=O)NCCNc2nc3nc(Cl)ccc3o2)cnc1OCCC(F)(F)F. The summed E-state index contributed by atoms with van der Waals surface area (Å²) in [6, 6.07) is 4.97. The molecular weight excluding hydrogens is 427 g/mol. The molecule has 160 valence electrons. The van der Waals surface area contributed by atoms with Crippen molar-refractivity contribution >= 4 is 34.8 Å². The summed E-state index contributed by atoms with van der Waals surface area (Å²) < 4.78 is 47.0. The fourth-order valence-corrected chi connectivity index (χ4v) is 2.56. The zero-order valence-corrected chi connectivity index (χ0v) is 16.5. The molecule has 0 spiro atoms. The quantitative estimate of drug-likeness (QED) is 0.403. The summed E-state index contributed by atoms with van der Waals surface area (Å²) in [5.41, 5.74) is 1.56. The van der Waals surface area contributed by atoms with Gasteiger partial charge in [-0.3, -0.25) is 4.79 Å². The maximum Gasteiger partial charge on any atom is 0.392 e. The molecule has 12 heteroatoms. The first kappa shape index (κ1) is 21.6. The molecule has 0 unspecified atom stereocenters. The minimum absolute atomic E-state index is 0.0575. The first-order valence-electron chi connectivity index (χ1n) is 8.82. The van der Waals surface area contributed by atoms with Crippen LogP contribution in [-0.4, -0.2) is 46.7 Å². The zero-order valence-electron chi connectivity index (χ0n) is 15.7. The van der Waals surface area contributed by atoms with Crippen LogP contribution in [0.4, 0.5) is 19.2 Å². The van der Waals surface area contributed by atoms with Gasteiger partial charge in [0.05, 0.1) is 18.6 Å². The van der Waals surface area contributed by atoms with Gasteiger partial charge in [-0.2, -0.15) is 18.2 Å². The first-order chi connectivity index (χ1) is 14.2. The molecule has 3 aromatic rings. The molecule has 0 fully saturated rings. The van der Waals surface area contributed by atoms with E-state index in [1.807, 2.05) is 0 Å². The van der Waals surface area contributed by atoms with Gasteiger partial charge >= 0.3 is 6.18 Å². The predicted octanol–water partition coefficient (Wildman–Crippen LogP) is 3.75. The van der Waals surface area contributed by atoms with Crippen molar-refractivity contribution in [2.24, 2.45) is 0 Å². The number of hydrogen-bond acceptors (Lipinski definition) is 7. The minimum atomic E-state index is -4.30. The van der Waals surface area contributed by atoms with Crippen LogP contribution in [0.3, 0.4) is 0 Å². The normalized spacial score (nSPS) is 11.5. The number of carbonyl (C=O) groups is 1. The fourth-order valence-electron chi connectivity index (χ4n) is 2.42. The van der Waals surface area contributed by atoms with E-state index >= 15 is 0 Å². The number of alkyl halides is 3. The van der Waals surface area contributed by atoms with Crippen LogP contribution >= 0.6 is 11.6 Å².